The minimum Gasteiger partial charge on any atom is -0.313 e. The number of aryl methyl sites for hydroxylation is 1. The fourth-order valence-electron chi connectivity index (χ4n) is 3.64. The highest BCUT2D eigenvalue weighted by Gasteiger charge is 2.27. The first-order chi connectivity index (χ1) is 10.3. The van der Waals surface area contributed by atoms with Gasteiger partial charge >= 0.3 is 0 Å². The van der Waals surface area contributed by atoms with Gasteiger partial charge in [-0.2, -0.15) is 0 Å². The summed E-state index contributed by atoms with van der Waals surface area (Å²) in [7, 11) is 0. The van der Waals surface area contributed by atoms with Gasteiger partial charge in [-0.25, -0.2) is 0 Å². The zero-order valence-corrected chi connectivity index (χ0v) is 13.0. The molecule has 2 atom stereocenters. The van der Waals surface area contributed by atoms with Crippen LogP contribution in [-0.4, -0.2) is 25.0 Å². The van der Waals surface area contributed by atoms with Crippen LogP contribution in [0.4, 0.5) is 5.69 Å². The third kappa shape index (κ3) is 3.29. The topological polar surface area (TPSA) is 32.3 Å². The summed E-state index contributed by atoms with van der Waals surface area (Å²) in [5.74, 6) is 0.889. The first kappa shape index (κ1) is 14.6. The Morgan fingerprint density at radius 1 is 1.29 bits per heavy atom. The molecule has 3 nitrogen and oxygen atoms in total. The molecule has 0 radical (unpaired) electrons. The van der Waals surface area contributed by atoms with E-state index in [1.54, 1.807) is 0 Å². The maximum absolute atomic E-state index is 12.8. The number of carbonyl (C=O) groups is 1. The molecule has 2 heterocycles. The third-order valence-electron chi connectivity index (χ3n) is 4.99. The highest BCUT2D eigenvalue weighted by molar-refractivity contribution is 5.94. The fourth-order valence-corrected chi connectivity index (χ4v) is 3.64. The average Bonchev–Trinajstić information content (AvgIpc) is 2.72. The lowest BCUT2D eigenvalue weighted by Crippen LogP contribution is -2.44. The van der Waals surface area contributed by atoms with Crippen LogP contribution in [0.3, 0.4) is 0 Å². The number of carbonyl (C=O) groups excluding carboxylic acids is 1. The number of nitrogens with zero attached hydrogens (tertiary/aromatic N) is 1. The lowest BCUT2D eigenvalue weighted by molar-refractivity contribution is -0.119. The molecule has 1 amide bonds. The maximum Gasteiger partial charge on any atom is 0.228 e. The molecule has 2 aliphatic rings. The van der Waals surface area contributed by atoms with Gasteiger partial charge in [0.1, 0.15) is 0 Å². The molecule has 1 N–H and O–H groups in total. The molecule has 0 spiro atoms. The first-order valence-electron chi connectivity index (χ1n) is 8.37. The number of hydrogen-bond donors (Lipinski definition) is 1. The predicted octanol–water partition coefficient (Wildman–Crippen LogP) is 3.13. The number of benzene rings is 1. The summed E-state index contributed by atoms with van der Waals surface area (Å²) in [6, 6.07) is 8.75. The van der Waals surface area contributed by atoms with Crippen molar-refractivity contribution in [2.75, 3.05) is 18.0 Å². The lowest BCUT2D eigenvalue weighted by Gasteiger charge is -2.32. The second-order valence-electron chi connectivity index (χ2n) is 6.52. The number of amides is 1. The van der Waals surface area contributed by atoms with Gasteiger partial charge < -0.3 is 10.2 Å². The molecule has 0 aliphatic carbocycles. The Balaban J connectivity index is 1.74. The van der Waals surface area contributed by atoms with Crippen LogP contribution in [0, 0.1) is 5.92 Å². The van der Waals surface area contributed by atoms with E-state index < -0.39 is 0 Å². The van der Waals surface area contributed by atoms with Crippen LogP contribution in [0.2, 0.25) is 0 Å². The highest BCUT2D eigenvalue weighted by Crippen LogP contribution is 2.28. The second kappa shape index (κ2) is 6.61. The first-order valence-corrected chi connectivity index (χ1v) is 8.37. The van der Waals surface area contributed by atoms with E-state index in [2.05, 4.69) is 30.4 Å². The molecule has 1 saturated heterocycles. The maximum atomic E-state index is 12.8. The number of hydrogen-bond acceptors (Lipinski definition) is 2. The molecule has 2 aliphatic heterocycles. The van der Waals surface area contributed by atoms with Gasteiger partial charge in [-0.15, -0.1) is 0 Å². The van der Waals surface area contributed by atoms with Gasteiger partial charge in [0.2, 0.25) is 5.91 Å². The minimum atomic E-state index is 0.288. The normalized spacial score (nSPS) is 26.0. The Bertz CT molecular complexity index is 500. The molecular weight excluding hydrogens is 260 g/mol. The van der Waals surface area contributed by atoms with Gasteiger partial charge in [-0.1, -0.05) is 25.1 Å². The molecule has 3 rings (SSSR count). The summed E-state index contributed by atoms with van der Waals surface area (Å²) >= 11 is 0. The van der Waals surface area contributed by atoms with Crippen LogP contribution in [0.15, 0.2) is 24.3 Å². The van der Waals surface area contributed by atoms with Crippen molar-refractivity contribution in [1.82, 2.24) is 5.32 Å². The van der Waals surface area contributed by atoms with E-state index in [-0.39, 0.29) is 5.91 Å². The SMILES string of the molecule is CC1CCCNC1CC(=O)N1CCCCc2ccccc21. The van der Waals surface area contributed by atoms with Crippen molar-refractivity contribution >= 4 is 11.6 Å². The summed E-state index contributed by atoms with van der Waals surface area (Å²) < 4.78 is 0. The Kier molecular flexibility index (Phi) is 4.59. The van der Waals surface area contributed by atoms with E-state index in [1.165, 1.54) is 24.8 Å². The Morgan fingerprint density at radius 3 is 3.00 bits per heavy atom. The third-order valence-corrected chi connectivity index (χ3v) is 4.99. The van der Waals surface area contributed by atoms with Crippen molar-refractivity contribution in [2.45, 2.75) is 51.5 Å². The van der Waals surface area contributed by atoms with Gasteiger partial charge in [0, 0.05) is 24.7 Å². The number of nitrogens with one attached hydrogen (secondary N) is 1. The van der Waals surface area contributed by atoms with Crippen molar-refractivity contribution in [1.29, 1.82) is 0 Å². The van der Waals surface area contributed by atoms with Crippen LogP contribution >= 0.6 is 0 Å². The number of para-hydroxylation sites is 1. The van der Waals surface area contributed by atoms with E-state index in [0.29, 0.717) is 18.4 Å². The van der Waals surface area contributed by atoms with Gasteiger partial charge in [-0.3, -0.25) is 4.79 Å². The quantitative estimate of drug-likeness (QED) is 0.906. The monoisotopic (exact) mass is 286 g/mol. The fraction of sp³-hybridized carbons (Fsp3) is 0.611. The van der Waals surface area contributed by atoms with E-state index in [9.17, 15) is 4.79 Å². The molecule has 1 aromatic carbocycles. The van der Waals surface area contributed by atoms with E-state index in [0.717, 1.165) is 31.6 Å². The van der Waals surface area contributed by atoms with E-state index in [1.807, 2.05) is 11.0 Å². The molecule has 1 aromatic rings. The zero-order chi connectivity index (χ0) is 14.7. The molecule has 3 heteroatoms. The van der Waals surface area contributed by atoms with E-state index in [4.69, 9.17) is 0 Å². The second-order valence-corrected chi connectivity index (χ2v) is 6.52. The number of fused-ring (bicyclic) bond motifs is 1. The number of piperidine rings is 1. The van der Waals surface area contributed by atoms with Gasteiger partial charge in [-0.05, 0) is 56.2 Å². The van der Waals surface area contributed by atoms with Crippen molar-refractivity contribution < 1.29 is 4.79 Å². The van der Waals surface area contributed by atoms with E-state index >= 15 is 0 Å². The van der Waals surface area contributed by atoms with Crippen molar-refractivity contribution in [3.63, 3.8) is 0 Å². The smallest absolute Gasteiger partial charge is 0.228 e. The van der Waals surface area contributed by atoms with Gasteiger partial charge in [0.25, 0.3) is 0 Å². The van der Waals surface area contributed by atoms with Crippen LogP contribution in [-0.2, 0) is 11.2 Å². The molecule has 114 valence electrons. The van der Waals surface area contributed by atoms with Crippen LogP contribution in [0.1, 0.15) is 44.6 Å². The Morgan fingerprint density at radius 2 is 2.14 bits per heavy atom. The minimum absolute atomic E-state index is 0.288. The molecule has 21 heavy (non-hydrogen) atoms. The molecular formula is C18H26N2O. The summed E-state index contributed by atoms with van der Waals surface area (Å²) in [6.45, 7) is 4.19. The molecule has 0 aromatic heterocycles. The van der Waals surface area contributed by atoms with Crippen molar-refractivity contribution in [2.24, 2.45) is 5.92 Å². The molecule has 0 bridgehead atoms. The van der Waals surface area contributed by atoms with Crippen molar-refractivity contribution in [3.8, 4) is 0 Å². The average molecular weight is 286 g/mol. The van der Waals surface area contributed by atoms with Gasteiger partial charge in [0.05, 0.1) is 0 Å². The zero-order valence-electron chi connectivity index (χ0n) is 13.0. The van der Waals surface area contributed by atoms with Gasteiger partial charge in [0.15, 0.2) is 0 Å². The summed E-state index contributed by atoms with van der Waals surface area (Å²) in [4.78, 5) is 14.8. The Hall–Kier alpha value is -1.35. The van der Waals surface area contributed by atoms with Crippen molar-refractivity contribution in [3.05, 3.63) is 29.8 Å². The Labute approximate surface area is 127 Å². The molecule has 2 unspecified atom stereocenters. The predicted molar refractivity (Wildman–Crippen MR) is 86.5 cm³/mol. The standard InChI is InChI=1S/C18H26N2O/c1-14-7-6-11-19-16(14)13-18(21)20-12-5-4-9-15-8-2-3-10-17(15)20/h2-3,8,10,14,16,19H,4-7,9,11-13H2,1H3. The number of rotatable bonds is 2. The lowest BCUT2D eigenvalue weighted by atomic mass is 9.90. The highest BCUT2D eigenvalue weighted by atomic mass is 16.2. The summed E-state index contributed by atoms with van der Waals surface area (Å²) in [5.41, 5.74) is 2.47. The number of anilines is 1. The van der Waals surface area contributed by atoms with Crippen LogP contribution in [0.5, 0.6) is 0 Å². The van der Waals surface area contributed by atoms with Crippen LogP contribution in [0.25, 0.3) is 0 Å². The summed E-state index contributed by atoms with van der Waals surface area (Å²) in [5, 5.41) is 3.53. The van der Waals surface area contributed by atoms with Crippen LogP contribution < -0.4 is 10.2 Å². The molecule has 1 fully saturated rings. The molecule has 0 saturated carbocycles. The summed E-state index contributed by atoms with van der Waals surface area (Å²) in [6.07, 6.45) is 6.49. The largest absolute Gasteiger partial charge is 0.313 e.